The maximum absolute atomic E-state index is 12.3. The minimum absolute atomic E-state index is 0.0512. The summed E-state index contributed by atoms with van der Waals surface area (Å²) in [6.07, 6.45) is 0.0765. The Labute approximate surface area is 125 Å². The molecule has 0 saturated carbocycles. The van der Waals surface area contributed by atoms with E-state index in [1.54, 1.807) is 25.7 Å². The molecule has 1 N–H and O–H groups in total. The lowest BCUT2D eigenvalue weighted by Crippen LogP contribution is -2.43. The van der Waals surface area contributed by atoms with Crippen molar-refractivity contribution in [3.8, 4) is 0 Å². The molecule has 5 heteroatoms. The number of benzene rings is 1. The Bertz CT molecular complexity index is 508. The van der Waals surface area contributed by atoms with Crippen molar-refractivity contribution in [2.75, 3.05) is 6.54 Å². The molecule has 0 radical (unpaired) electrons. The molecule has 1 aliphatic heterocycles. The van der Waals surface area contributed by atoms with E-state index in [0.717, 1.165) is 5.56 Å². The number of amides is 2. The third-order valence-electron chi connectivity index (χ3n) is 3.20. The fraction of sp³-hybridized carbons (Fsp3) is 0.500. The lowest BCUT2D eigenvalue weighted by atomic mass is 10.2. The number of carbonyl (C=O) groups is 2. The Balaban J connectivity index is 1.88. The van der Waals surface area contributed by atoms with Gasteiger partial charge in [-0.1, -0.05) is 30.3 Å². The number of likely N-dealkylation sites (tertiary alicyclic amines) is 1. The summed E-state index contributed by atoms with van der Waals surface area (Å²) in [6, 6.07) is 9.34. The van der Waals surface area contributed by atoms with Gasteiger partial charge < -0.3 is 15.0 Å². The third kappa shape index (κ3) is 4.48. The molecule has 1 fully saturated rings. The predicted molar refractivity (Wildman–Crippen MR) is 79.6 cm³/mol. The first kappa shape index (κ1) is 15.4. The fourth-order valence-corrected chi connectivity index (χ4v) is 2.28. The second-order valence-electron chi connectivity index (χ2n) is 6.23. The number of hydrogen-bond acceptors (Lipinski definition) is 3. The Morgan fingerprint density at radius 2 is 2.00 bits per heavy atom. The van der Waals surface area contributed by atoms with Crippen molar-refractivity contribution in [1.82, 2.24) is 10.2 Å². The van der Waals surface area contributed by atoms with Gasteiger partial charge in [0, 0.05) is 13.1 Å². The standard InChI is InChI=1S/C16H22N2O3/c1-16(2,3)21-15(20)17-13-9-10-18(14(13)19)11-12-7-5-4-6-8-12/h4-8,13H,9-11H2,1-3H3,(H,17,20). The highest BCUT2D eigenvalue weighted by Crippen LogP contribution is 2.16. The highest BCUT2D eigenvalue weighted by molar-refractivity contribution is 5.87. The maximum atomic E-state index is 12.3. The molecule has 1 saturated heterocycles. The van der Waals surface area contributed by atoms with Crippen LogP contribution in [0.1, 0.15) is 32.8 Å². The summed E-state index contributed by atoms with van der Waals surface area (Å²) >= 11 is 0. The van der Waals surface area contributed by atoms with E-state index in [1.165, 1.54) is 0 Å². The minimum atomic E-state index is -0.560. The first-order valence-electron chi connectivity index (χ1n) is 7.17. The summed E-state index contributed by atoms with van der Waals surface area (Å²) in [6.45, 7) is 6.61. The summed E-state index contributed by atoms with van der Waals surface area (Å²) in [5, 5.41) is 2.65. The van der Waals surface area contributed by atoms with Crippen molar-refractivity contribution in [2.24, 2.45) is 0 Å². The van der Waals surface area contributed by atoms with Gasteiger partial charge in [0.2, 0.25) is 5.91 Å². The Kier molecular flexibility index (Phi) is 4.50. The Hall–Kier alpha value is -2.04. The van der Waals surface area contributed by atoms with E-state index in [-0.39, 0.29) is 5.91 Å². The molecule has 1 aromatic carbocycles. The second-order valence-corrected chi connectivity index (χ2v) is 6.23. The predicted octanol–water partition coefficient (Wildman–Crippen LogP) is 2.31. The van der Waals surface area contributed by atoms with Crippen molar-refractivity contribution in [3.63, 3.8) is 0 Å². The molecule has 1 aliphatic rings. The number of ether oxygens (including phenoxy) is 1. The van der Waals surface area contributed by atoms with Gasteiger partial charge in [-0.25, -0.2) is 4.79 Å². The van der Waals surface area contributed by atoms with Crippen molar-refractivity contribution in [2.45, 2.75) is 45.4 Å². The first-order valence-corrected chi connectivity index (χ1v) is 7.17. The van der Waals surface area contributed by atoms with Gasteiger partial charge in [0.1, 0.15) is 11.6 Å². The normalized spacial score (nSPS) is 18.7. The Morgan fingerprint density at radius 3 is 2.62 bits per heavy atom. The number of nitrogens with one attached hydrogen (secondary N) is 1. The summed E-state index contributed by atoms with van der Waals surface area (Å²) in [5.41, 5.74) is 0.527. The number of nitrogens with zero attached hydrogens (tertiary/aromatic N) is 1. The smallest absolute Gasteiger partial charge is 0.408 e. The highest BCUT2D eigenvalue weighted by Gasteiger charge is 2.33. The van der Waals surface area contributed by atoms with E-state index in [9.17, 15) is 9.59 Å². The highest BCUT2D eigenvalue weighted by atomic mass is 16.6. The van der Waals surface area contributed by atoms with E-state index >= 15 is 0 Å². The molecule has 114 valence electrons. The molecule has 2 amide bonds. The quantitative estimate of drug-likeness (QED) is 0.929. The van der Waals surface area contributed by atoms with Gasteiger partial charge in [-0.15, -0.1) is 0 Å². The minimum Gasteiger partial charge on any atom is -0.444 e. The number of alkyl carbamates (subject to hydrolysis) is 1. The van der Waals surface area contributed by atoms with E-state index in [2.05, 4.69) is 5.32 Å². The number of carbonyl (C=O) groups excluding carboxylic acids is 2. The van der Waals surface area contributed by atoms with Gasteiger partial charge in [0.05, 0.1) is 0 Å². The van der Waals surface area contributed by atoms with E-state index in [0.29, 0.717) is 19.5 Å². The monoisotopic (exact) mass is 290 g/mol. The van der Waals surface area contributed by atoms with Crippen LogP contribution in [0, 0.1) is 0 Å². The maximum Gasteiger partial charge on any atom is 0.408 e. The molecular formula is C16H22N2O3. The summed E-state index contributed by atoms with van der Waals surface area (Å²) in [7, 11) is 0. The molecule has 1 unspecified atom stereocenters. The van der Waals surface area contributed by atoms with Gasteiger partial charge in [-0.05, 0) is 32.8 Å². The van der Waals surface area contributed by atoms with Crippen LogP contribution in [0.3, 0.4) is 0 Å². The molecule has 2 rings (SSSR count). The van der Waals surface area contributed by atoms with Crippen LogP contribution < -0.4 is 5.32 Å². The first-order chi connectivity index (χ1) is 9.85. The van der Waals surface area contributed by atoms with Crippen molar-refractivity contribution >= 4 is 12.0 Å². The molecule has 1 atom stereocenters. The van der Waals surface area contributed by atoms with Crippen LogP contribution in [0.5, 0.6) is 0 Å². The van der Waals surface area contributed by atoms with Crippen LogP contribution in [-0.4, -0.2) is 35.1 Å². The second kappa shape index (κ2) is 6.16. The molecular weight excluding hydrogens is 268 g/mol. The molecule has 1 aromatic rings. The summed E-state index contributed by atoms with van der Waals surface area (Å²) in [4.78, 5) is 25.7. The molecule has 21 heavy (non-hydrogen) atoms. The van der Waals surface area contributed by atoms with E-state index in [1.807, 2.05) is 30.3 Å². The molecule has 0 aliphatic carbocycles. The molecule has 0 spiro atoms. The van der Waals surface area contributed by atoms with Gasteiger partial charge in [-0.2, -0.15) is 0 Å². The topological polar surface area (TPSA) is 58.6 Å². The van der Waals surface area contributed by atoms with Crippen molar-refractivity contribution < 1.29 is 14.3 Å². The largest absolute Gasteiger partial charge is 0.444 e. The zero-order chi connectivity index (χ0) is 15.5. The van der Waals surface area contributed by atoms with Gasteiger partial charge in [-0.3, -0.25) is 4.79 Å². The van der Waals surface area contributed by atoms with Gasteiger partial charge >= 0.3 is 6.09 Å². The number of hydrogen-bond donors (Lipinski definition) is 1. The van der Waals surface area contributed by atoms with Crippen molar-refractivity contribution in [3.05, 3.63) is 35.9 Å². The Morgan fingerprint density at radius 1 is 1.33 bits per heavy atom. The summed E-state index contributed by atoms with van der Waals surface area (Å²) < 4.78 is 5.18. The average Bonchev–Trinajstić information content (AvgIpc) is 2.70. The van der Waals surface area contributed by atoms with Crippen LogP contribution in [0.15, 0.2) is 30.3 Å². The van der Waals surface area contributed by atoms with Crippen LogP contribution in [-0.2, 0) is 16.1 Å². The van der Waals surface area contributed by atoms with Gasteiger partial charge in [0.25, 0.3) is 0 Å². The SMILES string of the molecule is CC(C)(C)OC(=O)NC1CCN(Cc2ccccc2)C1=O. The fourth-order valence-electron chi connectivity index (χ4n) is 2.28. The van der Waals surface area contributed by atoms with Crippen LogP contribution in [0.4, 0.5) is 4.79 Å². The zero-order valence-corrected chi connectivity index (χ0v) is 12.8. The van der Waals surface area contributed by atoms with Crippen LogP contribution in [0.2, 0.25) is 0 Å². The third-order valence-corrected chi connectivity index (χ3v) is 3.20. The lowest BCUT2D eigenvalue weighted by molar-refractivity contribution is -0.129. The zero-order valence-electron chi connectivity index (χ0n) is 12.8. The molecule has 0 bridgehead atoms. The van der Waals surface area contributed by atoms with Gasteiger partial charge in [0.15, 0.2) is 0 Å². The lowest BCUT2D eigenvalue weighted by Gasteiger charge is -2.21. The van der Waals surface area contributed by atoms with E-state index < -0.39 is 17.7 Å². The van der Waals surface area contributed by atoms with Crippen LogP contribution >= 0.6 is 0 Å². The summed E-state index contributed by atoms with van der Waals surface area (Å²) in [5.74, 6) is -0.0512. The van der Waals surface area contributed by atoms with E-state index in [4.69, 9.17) is 4.74 Å². The van der Waals surface area contributed by atoms with Crippen LogP contribution in [0.25, 0.3) is 0 Å². The number of rotatable bonds is 3. The molecule has 5 nitrogen and oxygen atoms in total. The van der Waals surface area contributed by atoms with Crippen molar-refractivity contribution in [1.29, 1.82) is 0 Å². The molecule has 0 aromatic heterocycles. The average molecular weight is 290 g/mol. The molecule has 1 heterocycles.